The van der Waals surface area contributed by atoms with Crippen molar-refractivity contribution in [3.05, 3.63) is 59.2 Å². The van der Waals surface area contributed by atoms with Gasteiger partial charge in [0.25, 0.3) is 5.91 Å². The van der Waals surface area contributed by atoms with E-state index >= 15 is 0 Å². The van der Waals surface area contributed by atoms with Gasteiger partial charge in [0.05, 0.1) is 5.56 Å². The fraction of sp³-hybridized carbons (Fsp3) is 0.235. The Hall–Kier alpha value is -2.49. The molecule has 0 heterocycles. The second-order valence-electron chi connectivity index (χ2n) is 5.36. The quantitative estimate of drug-likeness (QED) is 0.741. The molecule has 1 unspecified atom stereocenters. The Morgan fingerprint density at radius 2 is 1.81 bits per heavy atom. The van der Waals surface area contributed by atoms with Crippen LogP contribution in [-0.4, -0.2) is 22.2 Å². The lowest BCUT2D eigenvalue weighted by Gasteiger charge is -2.25. The number of aromatic hydroxyl groups is 2. The van der Waals surface area contributed by atoms with Gasteiger partial charge in [0, 0.05) is 6.04 Å². The van der Waals surface area contributed by atoms with E-state index in [1.54, 1.807) is 6.07 Å². The molecule has 1 aliphatic rings. The van der Waals surface area contributed by atoms with Crippen LogP contribution in [-0.2, 0) is 12.8 Å². The normalized spacial score (nSPS) is 17.0. The van der Waals surface area contributed by atoms with Crippen LogP contribution in [0.1, 0.15) is 27.9 Å². The molecule has 1 amide bonds. The first-order valence-electron chi connectivity index (χ1n) is 7.03. The molecular formula is C17H17NO3. The lowest BCUT2D eigenvalue weighted by atomic mass is 9.88. The molecule has 0 spiro atoms. The molecule has 0 aromatic heterocycles. The lowest BCUT2D eigenvalue weighted by Crippen LogP contribution is -2.38. The minimum absolute atomic E-state index is 0.0501. The van der Waals surface area contributed by atoms with Crippen LogP contribution in [0.4, 0.5) is 0 Å². The molecule has 3 rings (SSSR count). The molecule has 3 N–H and O–H groups in total. The average Bonchev–Trinajstić information content (AvgIpc) is 2.50. The summed E-state index contributed by atoms with van der Waals surface area (Å²) in [6.45, 7) is 0. The Morgan fingerprint density at radius 1 is 1.05 bits per heavy atom. The second-order valence-corrected chi connectivity index (χ2v) is 5.36. The van der Waals surface area contributed by atoms with Crippen molar-refractivity contribution in [1.29, 1.82) is 0 Å². The number of nitrogens with one attached hydrogen (secondary N) is 1. The predicted molar refractivity (Wildman–Crippen MR) is 79.5 cm³/mol. The first-order valence-corrected chi connectivity index (χ1v) is 7.03. The number of hydrogen-bond acceptors (Lipinski definition) is 3. The van der Waals surface area contributed by atoms with Gasteiger partial charge in [-0.3, -0.25) is 4.79 Å². The van der Waals surface area contributed by atoms with E-state index in [2.05, 4.69) is 17.4 Å². The molecule has 4 nitrogen and oxygen atoms in total. The second kappa shape index (κ2) is 5.48. The minimum atomic E-state index is -0.369. The molecule has 0 aliphatic heterocycles. The van der Waals surface area contributed by atoms with Gasteiger partial charge < -0.3 is 15.5 Å². The number of phenols is 2. The molecule has 0 saturated carbocycles. The van der Waals surface area contributed by atoms with Crippen LogP contribution in [0.5, 0.6) is 11.5 Å². The summed E-state index contributed by atoms with van der Waals surface area (Å²) in [6.07, 6.45) is 2.61. The fourth-order valence-electron chi connectivity index (χ4n) is 2.80. The molecule has 2 aromatic carbocycles. The van der Waals surface area contributed by atoms with Gasteiger partial charge in [-0.1, -0.05) is 30.3 Å². The molecule has 21 heavy (non-hydrogen) atoms. The molecule has 0 radical (unpaired) electrons. The summed E-state index contributed by atoms with van der Waals surface area (Å²) in [4.78, 5) is 12.2. The highest BCUT2D eigenvalue weighted by Crippen LogP contribution is 2.28. The molecular weight excluding hydrogens is 266 g/mol. The SMILES string of the molecule is O=C(NC1CCc2ccccc2C1)c1cccc(O)c1O. The molecule has 108 valence electrons. The smallest absolute Gasteiger partial charge is 0.255 e. The van der Waals surface area contributed by atoms with E-state index in [9.17, 15) is 15.0 Å². The predicted octanol–water partition coefficient (Wildman–Crippen LogP) is 2.39. The van der Waals surface area contributed by atoms with Crippen molar-refractivity contribution in [3.8, 4) is 11.5 Å². The number of aryl methyl sites for hydroxylation is 1. The summed E-state index contributed by atoms with van der Waals surface area (Å²) < 4.78 is 0. The van der Waals surface area contributed by atoms with Crippen LogP contribution in [0, 0.1) is 0 Å². The van der Waals surface area contributed by atoms with Gasteiger partial charge in [0.2, 0.25) is 0 Å². The van der Waals surface area contributed by atoms with Crippen molar-refractivity contribution < 1.29 is 15.0 Å². The molecule has 0 fully saturated rings. The molecule has 1 aliphatic carbocycles. The molecule has 0 saturated heterocycles. The maximum Gasteiger partial charge on any atom is 0.255 e. The number of para-hydroxylation sites is 1. The van der Waals surface area contributed by atoms with Crippen LogP contribution in [0.25, 0.3) is 0 Å². The summed E-state index contributed by atoms with van der Waals surface area (Å²) in [6, 6.07) is 12.7. The Balaban J connectivity index is 1.73. The zero-order valence-electron chi connectivity index (χ0n) is 11.5. The van der Waals surface area contributed by atoms with Gasteiger partial charge in [-0.15, -0.1) is 0 Å². The Bertz CT molecular complexity index is 681. The van der Waals surface area contributed by atoms with E-state index < -0.39 is 0 Å². The summed E-state index contributed by atoms with van der Waals surface area (Å²) in [7, 11) is 0. The van der Waals surface area contributed by atoms with Crippen molar-refractivity contribution in [2.24, 2.45) is 0 Å². The van der Waals surface area contributed by atoms with Crippen LogP contribution in [0.15, 0.2) is 42.5 Å². The van der Waals surface area contributed by atoms with Crippen LogP contribution >= 0.6 is 0 Å². The van der Waals surface area contributed by atoms with E-state index in [0.29, 0.717) is 0 Å². The van der Waals surface area contributed by atoms with Crippen LogP contribution < -0.4 is 5.32 Å². The Morgan fingerprint density at radius 3 is 2.62 bits per heavy atom. The van der Waals surface area contributed by atoms with Gasteiger partial charge in [-0.25, -0.2) is 0 Å². The molecule has 2 aromatic rings. The standard InChI is InChI=1S/C17H17NO3/c19-15-7-3-6-14(16(15)20)17(21)18-13-9-8-11-4-1-2-5-12(11)10-13/h1-7,13,19-20H,8-10H2,(H,18,21). The minimum Gasteiger partial charge on any atom is -0.504 e. The molecule has 1 atom stereocenters. The van der Waals surface area contributed by atoms with Crippen molar-refractivity contribution in [2.75, 3.05) is 0 Å². The molecule has 4 heteroatoms. The van der Waals surface area contributed by atoms with Crippen molar-refractivity contribution >= 4 is 5.91 Å². The Kier molecular flexibility index (Phi) is 3.52. The number of fused-ring (bicyclic) bond motifs is 1. The zero-order valence-corrected chi connectivity index (χ0v) is 11.5. The van der Waals surface area contributed by atoms with Gasteiger partial charge in [0.1, 0.15) is 0 Å². The van der Waals surface area contributed by atoms with E-state index in [4.69, 9.17) is 0 Å². The monoisotopic (exact) mass is 283 g/mol. The average molecular weight is 283 g/mol. The number of phenolic OH excluding ortho intramolecular Hbond substituents is 2. The highest BCUT2D eigenvalue weighted by molar-refractivity contribution is 5.97. The van der Waals surface area contributed by atoms with Gasteiger partial charge in [0.15, 0.2) is 11.5 Å². The summed E-state index contributed by atoms with van der Waals surface area (Å²) in [5.74, 6) is -1.00. The summed E-state index contributed by atoms with van der Waals surface area (Å²) >= 11 is 0. The number of hydrogen-bond donors (Lipinski definition) is 3. The van der Waals surface area contributed by atoms with E-state index in [0.717, 1.165) is 19.3 Å². The van der Waals surface area contributed by atoms with Crippen LogP contribution in [0.3, 0.4) is 0 Å². The zero-order chi connectivity index (χ0) is 14.8. The van der Waals surface area contributed by atoms with Gasteiger partial charge >= 0.3 is 0 Å². The maximum atomic E-state index is 12.2. The van der Waals surface area contributed by atoms with Gasteiger partial charge in [-0.05, 0) is 42.5 Å². The first-order chi connectivity index (χ1) is 10.1. The topological polar surface area (TPSA) is 69.6 Å². The molecule has 0 bridgehead atoms. The van der Waals surface area contributed by atoms with Crippen molar-refractivity contribution in [1.82, 2.24) is 5.32 Å². The number of amides is 1. The number of carbonyl (C=O) groups is 1. The van der Waals surface area contributed by atoms with E-state index in [1.165, 1.54) is 23.3 Å². The largest absolute Gasteiger partial charge is 0.504 e. The maximum absolute atomic E-state index is 12.2. The highest BCUT2D eigenvalue weighted by Gasteiger charge is 2.22. The van der Waals surface area contributed by atoms with Gasteiger partial charge in [-0.2, -0.15) is 0 Å². The third-order valence-corrected chi connectivity index (χ3v) is 3.94. The lowest BCUT2D eigenvalue weighted by molar-refractivity contribution is 0.0930. The van der Waals surface area contributed by atoms with Crippen molar-refractivity contribution in [3.63, 3.8) is 0 Å². The Labute approximate surface area is 123 Å². The fourth-order valence-corrected chi connectivity index (χ4v) is 2.80. The van der Waals surface area contributed by atoms with E-state index in [-0.39, 0.29) is 29.0 Å². The van der Waals surface area contributed by atoms with E-state index in [1.807, 2.05) is 12.1 Å². The third kappa shape index (κ3) is 2.70. The highest BCUT2D eigenvalue weighted by atomic mass is 16.3. The first kappa shape index (κ1) is 13.5. The van der Waals surface area contributed by atoms with Crippen LogP contribution in [0.2, 0.25) is 0 Å². The third-order valence-electron chi connectivity index (χ3n) is 3.94. The number of benzene rings is 2. The summed E-state index contributed by atoms with van der Waals surface area (Å²) in [5.41, 5.74) is 2.70. The number of rotatable bonds is 2. The number of carbonyl (C=O) groups excluding carboxylic acids is 1. The van der Waals surface area contributed by atoms with Crippen molar-refractivity contribution in [2.45, 2.75) is 25.3 Å². The summed E-state index contributed by atoms with van der Waals surface area (Å²) in [5, 5.41) is 22.1.